The fourth-order valence-electron chi connectivity index (χ4n) is 2.93. The molecule has 24 heavy (non-hydrogen) atoms. The topological polar surface area (TPSA) is 165 Å². The van der Waals surface area contributed by atoms with Crippen molar-refractivity contribution < 1.29 is 30.5 Å². The number of rotatable bonds is 4. The number of nitrogens with zero attached hydrogens (tertiary/aromatic N) is 4. The predicted octanol–water partition coefficient (Wildman–Crippen LogP) is -0.958. The second kappa shape index (κ2) is 5.96. The molecule has 11 nitrogen and oxygen atoms in total. The molecule has 1 fully saturated rings. The van der Waals surface area contributed by atoms with Crippen LogP contribution in [0, 0.1) is 0 Å². The standard InChI is InChI=1S/C13H17N5O6/c1-13(21)9(20)7(4-19)24-12(13)18-3-6(2-16-22)8-10(17-23)14-5-15-11(8)18/h2-3,5,7,9,12,19-23H,4H2,1H3,(H,14,15,17)/b16-2+. The van der Waals surface area contributed by atoms with Gasteiger partial charge in [-0.05, 0) is 6.92 Å². The lowest BCUT2D eigenvalue weighted by atomic mass is 9.96. The van der Waals surface area contributed by atoms with Crippen LogP contribution in [-0.4, -0.2) is 70.9 Å². The van der Waals surface area contributed by atoms with E-state index in [-0.39, 0.29) is 11.5 Å². The van der Waals surface area contributed by atoms with E-state index in [2.05, 4.69) is 15.1 Å². The molecule has 3 rings (SSSR count). The summed E-state index contributed by atoms with van der Waals surface area (Å²) in [4.78, 5) is 7.97. The monoisotopic (exact) mass is 339 g/mol. The number of hydrogen-bond donors (Lipinski definition) is 6. The third-order valence-corrected chi connectivity index (χ3v) is 4.13. The molecule has 6 N–H and O–H groups in total. The van der Waals surface area contributed by atoms with Gasteiger partial charge in [0.05, 0.1) is 18.2 Å². The number of hydrogen-bond acceptors (Lipinski definition) is 10. The van der Waals surface area contributed by atoms with Crippen LogP contribution in [0.25, 0.3) is 11.0 Å². The van der Waals surface area contributed by atoms with Crippen molar-refractivity contribution in [1.29, 1.82) is 0 Å². The van der Waals surface area contributed by atoms with Crippen LogP contribution in [0.2, 0.25) is 0 Å². The number of oxime groups is 1. The quantitative estimate of drug-likeness (QED) is 0.234. The zero-order valence-corrected chi connectivity index (χ0v) is 12.6. The first-order chi connectivity index (χ1) is 11.5. The Morgan fingerprint density at radius 3 is 2.83 bits per heavy atom. The smallest absolute Gasteiger partial charge is 0.167 e. The van der Waals surface area contributed by atoms with Gasteiger partial charge in [0.25, 0.3) is 0 Å². The Morgan fingerprint density at radius 1 is 1.50 bits per heavy atom. The first-order valence-corrected chi connectivity index (χ1v) is 7.05. The Balaban J connectivity index is 2.20. The van der Waals surface area contributed by atoms with Gasteiger partial charge in [-0.15, -0.1) is 0 Å². The van der Waals surface area contributed by atoms with E-state index in [4.69, 9.17) is 9.94 Å². The molecule has 2 aromatic heterocycles. The van der Waals surface area contributed by atoms with Crippen molar-refractivity contribution in [2.24, 2.45) is 5.16 Å². The molecule has 130 valence electrons. The lowest BCUT2D eigenvalue weighted by Crippen LogP contribution is -2.44. The Hall–Kier alpha value is -2.31. The van der Waals surface area contributed by atoms with Gasteiger partial charge >= 0.3 is 0 Å². The van der Waals surface area contributed by atoms with E-state index in [0.29, 0.717) is 10.9 Å². The maximum absolute atomic E-state index is 10.6. The number of aliphatic hydroxyl groups is 3. The van der Waals surface area contributed by atoms with E-state index in [9.17, 15) is 20.5 Å². The number of aromatic nitrogens is 3. The van der Waals surface area contributed by atoms with E-state index in [1.807, 2.05) is 5.48 Å². The van der Waals surface area contributed by atoms with Crippen LogP contribution in [0.4, 0.5) is 5.82 Å². The van der Waals surface area contributed by atoms with Gasteiger partial charge in [0.1, 0.15) is 29.8 Å². The van der Waals surface area contributed by atoms with Gasteiger partial charge in [0, 0.05) is 11.8 Å². The van der Waals surface area contributed by atoms with Crippen LogP contribution in [0.1, 0.15) is 18.7 Å². The first-order valence-electron chi connectivity index (χ1n) is 7.05. The molecule has 0 amide bonds. The third-order valence-electron chi connectivity index (χ3n) is 4.13. The van der Waals surface area contributed by atoms with Gasteiger partial charge in [0.15, 0.2) is 12.0 Å². The van der Waals surface area contributed by atoms with Crippen molar-refractivity contribution in [2.75, 3.05) is 12.1 Å². The molecule has 0 radical (unpaired) electrons. The number of ether oxygens (including phenoxy) is 1. The van der Waals surface area contributed by atoms with E-state index < -0.39 is 30.6 Å². The van der Waals surface area contributed by atoms with E-state index in [1.54, 1.807) is 0 Å². The summed E-state index contributed by atoms with van der Waals surface area (Å²) in [6, 6.07) is 0. The van der Waals surface area contributed by atoms with Crippen molar-refractivity contribution in [1.82, 2.24) is 14.5 Å². The second-order valence-corrected chi connectivity index (χ2v) is 5.65. The number of anilines is 1. The zero-order valence-electron chi connectivity index (χ0n) is 12.6. The molecule has 1 aliphatic rings. The molecule has 1 aliphatic heterocycles. The van der Waals surface area contributed by atoms with Crippen LogP contribution in [0.3, 0.4) is 0 Å². The van der Waals surface area contributed by atoms with Gasteiger partial charge in [-0.2, -0.15) is 0 Å². The molecule has 11 heteroatoms. The van der Waals surface area contributed by atoms with E-state index >= 15 is 0 Å². The van der Waals surface area contributed by atoms with Crippen molar-refractivity contribution in [3.8, 4) is 0 Å². The molecule has 4 atom stereocenters. The summed E-state index contributed by atoms with van der Waals surface area (Å²) < 4.78 is 6.97. The normalized spacial score (nSPS) is 30.5. The number of nitrogens with one attached hydrogen (secondary N) is 1. The summed E-state index contributed by atoms with van der Waals surface area (Å²) >= 11 is 0. The van der Waals surface area contributed by atoms with Crippen molar-refractivity contribution >= 4 is 23.1 Å². The van der Waals surface area contributed by atoms with Crippen LogP contribution in [-0.2, 0) is 4.74 Å². The van der Waals surface area contributed by atoms with Crippen LogP contribution in [0.15, 0.2) is 17.7 Å². The van der Waals surface area contributed by atoms with E-state index in [1.165, 1.54) is 24.0 Å². The maximum atomic E-state index is 10.6. The highest BCUT2D eigenvalue weighted by atomic mass is 16.6. The summed E-state index contributed by atoms with van der Waals surface area (Å²) in [6.07, 6.45) is 0.375. The molecule has 2 aromatic rings. The summed E-state index contributed by atoms with van der Waals surface area (Å²) in [5.74, 6) is 0.0607. The zero-order chi connectivity index (χ0) is 17.5. The molecule has 0 aliphatic carbocycles. The summed E-state index contributed by atoms with van der Waals surface area (Å²) in [5.41, 5.74) is 0.800. The lowest BCUT2D eigenvalue weighted by Gasteiger charge is -2.27. The fraction of sp³-hybridized carbons (Fsp3) is 0.462. The fourth-order valence-corrected chi connectivity index (χ4v) is 2.93. The minimum absolute atomic E-state index is 0.0607. The molecule has 0 aromatic carbocycles. The van der Waals surface area contributed by atoms with Crippen LogP contribution < -0.4 is 5.48 Å². The highest BCUT2D eigenvalue weighted by molar-refractivity contribution is 6.03. The third kappa shape index (κ3) is 2.30. The molecule has 1 saturated heterocycles. The summed E-state index contributed by atoms with van der Waals surface area (Å²) in [7, 11) is 0. The van der Waals surface area contributed by atoms with E-state index in [0.717, 1.165) is 6.21 Å². The molecular weight excluding hydrogens is 322 g/mol. The number of aliphatic hydroxyl groups excluding tert-OH is 2. The van der Waals surface area contributed by atoms with Gasteiger partial charge in [-0.25, -0.2) is 9.97 Å². The average molecular weight is 339 g/mol. The molecule has 0 bridgehead atoms. The minimum atomic E-state index is -1.72. The van der Waals surface area contributed by atoms with Crippen LogP contribution in [0.5, 0.6) is 0 Å². The Labute approximate surface area is 135 Å². The largest absolute Gasteiger partial charge is 0.411 e. The lowest BCUT2D eigenvalue weighted by molar-refractivity contribution is -0.0948. The Morgan fingerprint density at radius 2 is 2.25 bits per heavy atom. The van der Waals surface area contributed by atoms with Gasteiger partial charge in [-0.1, -0.05) is 5.16 Å². The van der Waals surface area contributed by atoms with Crippen molar-refractivity contribution in [2.45, 2.75) is 31.0 Å². The SMILES string of the molecule is CC1(O)C(O)C(CO)OC1n1cc(/C=N/O)c2c(NO)ncnc21. The van der Waals surface area contributed by atoms with Gasteiger partial charge < -0.3 is 29.8 Å². The molecule has 0 saturated carbocycles. The minimum Gasteiger partial charge on any atom is -0.411 e. The highest BCUT2D eigenvalue weighted by Gasteiger charge is 2.53. The molecule has 0 spiro atoms. The Bertz CT molecular complexity index is 776. The average Bonchev–Trinajstić information content (AvgIpc) is 3.04. The van der Waals surface area contributed by atoms with Gasteiger partial charge in [0.2, 0.25) is 0 Å². The molecule has 4 unspecified atom stereocenters. The predicted molar refractivity (Wildman–Crippen MR) is 79.9 cm³/mol. The second-order valence-electron chi connectivity index (χ2n) is 5.65. The summed E-state index contributed by atoms with van der Waals surface area (Å²) in [5, 5.41) is 51.3. The van der Waals surface area contributed by atoms with Crippen molar-refractivity contribution in [3.05, 3.63) is 18.1 Å². The van der Waals surface area contributed by atoms with Gasteiger partial charge in [-0.3, -0.25) is 10.7 Å². The highest BCUT2D eigenvalue weighted by Crippen LogP contribution is 2.40. The summed E-state index contributed by atoms with van der Waals surface area (Å²) in [6.45, 7) is 0.895. The Kier molecular flexibility index (Phi) is 4.11. The maximum Gasteiger partial charge on any atom is 0.167 e. The van der Waals surface area contributed by atoms with Crippen molar-refractivity contribution in [3.63, 3.8) is 0 Å². The molecule has 3 heterocycles. The molecular formula is C13H17N5O6. The number of fused-ring (bicyclic) bond motifs is 1. The first kappa shape index (κ1) is 16.5. The van der Waals surface area contributed by atoms with Crippen LogP contribution >= 0.6 is 0 Å².